The first kappa shape index (κ1) is 15.8. The topological polar surface area (TPSA) is 53.4 Å². The summed E-state index contributed by atoms with van der Waals surface area (Å²) in [5.41, 5.74) is 1.51. The Morgan fingerprint density at radius 1 is 1.04 bits per heavy atom. The van der Waals surface area contributed by atoms with Crippen LogP contribution < -0.4 is 15.0 Å². The molecule has 0 atom stereocenters. The van der Waals surface area contributed by atoms with E-state index in [0.29, 0.717) is 28.2 Å². The number of hydrogen-bond acceptors (Lipinski definition) is 4. The van der Waals surface area contributed by atoms with Crippen molar-refractivity contribution in [3.63, 3.8) is 0 Å². The number of aromatic nitrogens is 2. The molecule has 0 unspecified atom stereocenters. The summed E-state index contributed by atoms with van der Waals surface area (Å²) in [6, 6.07) is 12.9. The lowest BCUT2D eigenvalue weighted by atomic mass is 10.2. The highest BCUT2D eigenvalue weighted by Gasteiger charge is 2.06. The second-order valence-corrected chi connectivity index (χ2v) is 5.28. The molecule has 0 aliphatic heterocycles. The Morgan fingerprint density at radius 3 is 2.54 bits per heavy atom. The van der Waals surface area contributed by atoms with E-state index in [1.807, 2.05) is 49.4 Å². The van der Waals surface area contributed by atoms with Crippen LogP contribution in [0.2, 0.25) is 0 Å². The van der Waals surface area contributed by atoms with Gasteiger partial charge in [-0.3, -0.25) is 9.36 Å². The quantitative estimate of drug-likeness (QED) is 0.739. The third kappa shape index (κ3) is 2.88. The minimum absolute atomic E-state index is 0.0881. The summed E-state index contributed by atoms with van der Waals surface area (Å²) in [4.78, 5) is 17.1. The Morgan fingerprint density at radius 2 is 1.79 bits per heavy atom. The van der Waals surface area contributed by atoms with E-state index in [2.05, 4.69) is 4.98 Å². The maximum absolute atomic E-state index is 12.6. The summed E-state index contributed by atoms with van der Waals surface area (Å²) in [6.45, 7) is 1.81. The molecular formula is C19H18N2O3. The second kappa shape index (κ2) is 6.58. The maximum Gasteiger partial charge on any atom is 0.265 e. The number of nitrogens with zero attached hydrogens (tertiary/aromatic N) is 2. The molecular weight excluding hydrogens is 304 g/mol. The van der Waals surface area contributed by atoms with Gasteiger partial charge in [-0.1, -0.05) is 18.2 Å². The van der Waals surface area contributed by atoms with Gasteiger partial charge >= 0.3 is 0 Å². The Labute approximate surface area is 139 Å². The van der Waals surface area contributed by atoms with E-state index >= 15 is 0 Å². The van der Waals surface area contributed by atoms with Gasteiger partial charge in [0.2, 0.25) is 0 Å². The molecule has 1 aromatic heterocycles. The largest absolute Gasteiger partial charge is 0.493 e. The first-order chi connectivity index (χ1) is 11.6. The van der Waals surface area contributed by atoms with Crippen LogP contribution in [0.1, 0.15) is 11.4 Å². The van der Waals surface area contributed by atoms with Crippen molar-refractivity contribution >= 4 is 23.2 Å². The van der Waals surface area contributed by atoms with Gasteiger partial charge in [0.1, 0.15) is 5.82 Å². The van der Waals surface area contributed by atoms with Gasteiger partial charge in [0.05, 0.1) is 25.1 Å². The number of fused-ring (bicyclic) bond motifs is 1. The van der Waals surface area contributed by atoms with Crippen molar-refractivity contribution in [3.05, 3.63) is 64.2 Å². The van der Waals surface area contributed by atoms with Gasteiger partial charge in [-0.05, 0) is 42.8 Å². The highest BCUT2D eigenvalue weighted by molar-refractivity contribution is 5.78. The molecule has 0 saturated heterocycles. The third-order valence-corrected chi connectivity index (χ3v) is 3.81. The molecule has 3 rings (SSSR count). The lowest BCUT2D eigenvalue weighted by Crippen LogP contribution is -2.19. The van der Waals surface area contributed by atoms with Crippen molar-refractivity contribution in [1.82, 2.24) is 9.55 Å². The molecule has 0 amide bonds. The molecule has 5 nitrogen and oxygen atoms in total. The van der Waals surface area contributed by atoms with Gasteiger partial charge in [-0.15, -0.1) is 0 Å². The molecule has 0 saturated carbocycles. The maximum atomic E-state index is 12.6. The molecule has 0 fully saturated rings. The Bertz CT molecular complexity index is 974. The van der Waals surface area contributed by atoms with Crippen molar-refractivity contribution in [2.24, 2.45) is 0 Å². The molecule has 0 spiro atoms. The fraction of sp³-hybridized carbons (Fsp3) is 0.158. The van der Waals surface area contributed by atoms with Crippen LogP contribution in [0.15, 0.2) is 47.3 Å². The van der Waals surface area contributed by atoms with Gasteiger partial charge in [0.15, 0.2) is 11.5 Å². The van der Waals surface area contributed by atoms with E-state index in [1.54, 1.807) is 31.1 Å². The number of rotatable bonds is 4. The van der Waals surface area contributed by atoms with Crippen molar-refractivity contribution in [2.75, 3.05) is 14.2 Å². The first-order valence-electron chi connectivity index (χ1n) is 7.52. The van der Waals surface area contributed by atoms with E-state index < -0.39 is 0 Å². The van der Waals surface area contributed by atoms with Crippen molar-refractivity contribution < 1.29 is 9.47 Å². The smallest absolute Gasteiger partial charge is 0.265 e. The Hall–Kier alpha value is -3.08. The predicted molar refractivity (Wildman–Crippen MR) is 95.5 cm³/mol. The number of methoxy groups -OCH3 is 2. The second-order valence-electron chi connectivity index (χ2n) is 5.28. The third-order valence-electron chi connectivity index (χ3n) is 3.81. The standard InChI is InChI=1S/C19H18N2O3/c1-13-20-16-7-5-4-6-15(16)19(22)21(13)11-10-14-8-9-17(23-2)18(12-14)24-3/h4-12H,1-3H3/b11-10+. The fourth-order valence-electron chi connectivity index (χ4n) is 2.55. The summed E-state index contributed by atoms with van der Waals surface area (Å²) in [5, 5.41) is 0.597. The summed E-state index contributed by atoms with van der Waals surface area (Å²) in [7, 11) is 3.18. The van der Waals surface area contributed by atoms with Crippen LogP contribution in [0.5, 0.6) is 11.5 Å². The lowest BCUT2D eigenvalue weighted by Gasteiger charge is -2.08. The number of para-hydroxylation sites is 1. The molecule has 0 aliphatic carbocycles. The molecule has 0 radical (unpaired) electrons. The first-order valence-corrected chi connectivity index (χ1v) is 7.52. The van der Waals surface area contributed by atoms with Crippen molar-refractivity contribution in [2.45, 2.75) is 6.92 Å². The molecule has 1 heterocycles. The van der Waals surface area contributed by atoms with Crippen LogP contribution in [0.25, 0.3) is 23.2 Å². The average Bonchev–Trinajstić information content (AvgIpc) is 2.61. The minimum atomic E-state index is -0.0881. The lowest BCUT2D eigenvalue weighted by molar-refractivity contribution is 0.355. The summed E-state index contributed by atoms with van der Waals surface area (Å²) in [5.74, 6) is 1.94. The normalized spacial score (nSPS) is 11.1. The molecule has 2 aromatic carbocycles. The number of hydrogen-bond donors (Lipinski definition) is 0. The highest BCUT2D eigenvalue weighted by atomic mass is 16.5. The zero-order chi connectivity index (χ0) is 17.1. The van der Waals surface area contributed by atoms with Gasteiger partial charge in [0.25, 0.3) is 5.56 Å². The molecule has 0 bridgehead atoms. The average molecular weight is 322 g/mol. The summed E-state index contributed by atoms with van der Waals surface area (Å²) < 4.78 is 12.1. The van der Waals surface area contributed by atoms with Crippen LogP contribution in [0, 0.1) is 6.92 Å². The van der Waals surface area contributed by atoms with E-state index in [9.17, 15) is 4.79 Å². The Balaban J connectivity index is 2.04. The molecule has 0 N–H and O–H groups in total. The highest BCUT2D eigenvalue weighted by Crippen LogP contribution is 2.28. The molecule has 3 aromatic rings. The molecule has 5 heteroatoms. The van der Waals surface area contributed by atoms with Gasteiger partial charge in [-0.25, -0.2) is 4.98 Å². The van der Waals surface area contributed by atoms with Crippen LogP contribution in [-0.2, 0) is 0 Å². The van der Waals surface area contributed by atoms with Crippen LogP contribution >= 0.6 is 0 Å². The van der Waals surface area contributed by atoms with Gasteiger partial charge in [-0.2, -0.15) is 0 Å². The zero-order valence-corrected chi connectivity index (χ0v) is 13.8. The summed E-state index contributed by atoms with van der Waals surface area (Å²) in [6.07, 6.45) is 3.56. The minimum Gasteiger partial charge on any atom is -0.493 e. The van der Waals surface area contributed by atoms with Crippen LogP contribution in [-0.4, -0.2) is 23.8 Å². The zero-order valence-electron chi connectivity index (χ0n) is 13.8. The van der Waals surface area contributed by atoms with Crippen LogP contribution in [0.4, 0.5) is 0 Å². The molecule has 122 valence electrons. The van der Waals surface area contributed by atoms with Crippen molar-refractivity contribution in [1.29, 1.82) is 0 Å². The number of benzene rings is 2. The molecule has 0 aliphatic rings. The molecule has 24 heavy (non-hydrogen) atoms. The van der Waals surface area contributed by atoms with Gasteiger partial charge in [0, 0.05) is 6.20 Å². The van der Waals surface area contributed by atoms with E-state index in [1.165, 1.54) is 0 Å². The van der Waals surface area contributed by atoms with E-state index in [4.69, 9.17) is 9.47 Å². The van der Waals surface area contributed by atoms with Gasteiger partial charge < -0.3 is 9.47 Å². The number of ether oxygens (including phenoxy) is 2. The monoisotopic (exact) mass is 322 g/mol. The van der Waals surface area contributed by atoms with Crippen molar-refractivity contribution in [3.8, 4) is 11.5 Å². The Kier molecular flexibility index (Phi) is 4.33. The van der Waals surface area contributed by atoms with Crippen LogP contribution in [0.3, 0.4) is 0 Å². The van der Waals surface area contributed by atoms with E-state index in [-0.39, 0.29) is 5.56 Å². The predicted octanol–water partition coefficient (Wildman–Crippen LogP) is 3.35. The SMILES string of the molecule is COc1ccc(/C=C/n2c(C)nc3ccccc3c2=O)cc1OC. The fourth-order valence-corrected chi connectivity index (χ4v) is 2.55. The number of aryl methyl sites for hydroxylation is 1. The summed E-state index contributed by atoms with van der Waals surface area (Å²) >= 11 is 0. The van der Waals surface area contributed by atoms with E-state index in [0.717, 1.165) is 5.56 Å².